The summed E-state index contributed by atoms with van der Waals surface area (Å²) in [6, 6.07) is 0. The van der Waals surface area contributed by atoms with Gasteiger partial charge in [-0.05, 0) is 0 Å². The van der Waals surface area contributed by atoms with Crippen LogP contribution in [0, 0.1) is 5.92 Å². The molecular formula is C8H13NO. The van der Waals surface area contributed by atoms with Crippen molar-refractivity contribution in [3.05, 3.63) is 12.2 Å². The third kappa shape index (κ3) is 1.38. The lowest BCUT2D eigenvalue weighted by Gasteiger charge is -2.17. The van der Waals surface area contributed by atoms with Gasteiger partial charge in [0.1, 0.15) is 0 Å². The fourth-order valence-corrected chi connectivity index (χ4v) is 1.02. The van der Waals surface area contributed by atoms with Gasteiger partial charge in [-0.25, -0.2) is 0 Å². The van der Waals surface area contributed by atoms with Crippen molar-refractivity contribution in [2.45, 2.75) is 13.8 Å². The first-order valence-electron chi connectivity index (χ1n) is 3.65. The highest BCUT2D eigenvalue weighted by atomic mass is 16.2. The third-order valence-electron chi connectivity index (χ3n) is 1.62. The standard InChI is InChI=1S/C8H13NO/c1-7(2)8(10)9-5-3-4-6-9/h3-4,7H,5-6H2,1-2H3. The molecule has 56 valence electrons. The Hall–Kier alpha value is -0.790. The van der Waals surface area contributed by atoms with Crippen molar-refractivity contribution in [2.24, 2.45) is 5.92 Å². The quantitative estimate of drug-likeness (QED) is 0.497. The van der Waals surface area contributed by atoms with Gasteiger partial charge in [-0.2, -0.15) is 0 Å². The van der Waals surface area contributed by atoms with Crippen LogP contribution in [0.4, 0.5) is 0 Å². The molecule has 2 nitrogen and oxygen atoms in total. The second-order valence-corrected chi connectivity index (χ2v) is 2.87. The molecular weight excluding hydrogens is 126 g/mol. The second kappa shape index (κ2) is 2.86. The molecule has 0 fully saturated rings. The Labute approximate surface area is 61.5 Å². The summed E-state index contributed by atoms with van der Waals surface area (Å²) >= 11 is 0. The molecule has 0 saturated carbocycles. The second-order valence-electron chi connectivity index (χ2n) is 2.87. The molecule has 1 heterocycles. The van der Waals surface area contributed by atoms with Crippen molar-refractivity contribution in [3.63, 3.8) is 0 Å². The Balaban J connectivity index is 2.43. The molecule has 0 aromatic rings. The maximum atomic E-state index is 11.2. The summed E-state index contributed by atoms with van der Waals surface area (Å²) in [6.07, 6.45) is 4.06. The molecule has 0 saturated heterocycles. The molecule has 2 heteroatoms. The van der Waals surface area contributed by atoms with Gasteiger partial charge in [0, 0.05) is 19.0 Å². The first-order valence-corrected chi connectivity index (χ1v) is 3.65. The Kier molecular flexibility index (Phi) is 2.10. The van der Waals surface area contributed by atoms with Crippen LogP contribution >= 0.6 is 0 Å². The van der Waals surface area contributed by atoms with E-state index in [4.69, 9.17) is 0 Å². The van der Waals surface area contributed by atoms with Crippen LogP contribution in [-0.2, 0) is 4.79 Å². The molecule has 0 N–H and O–H groups in total. The van der Waals surface area contributed by atoms with Crippen LogP contribution < -0.4 is 0 Å². The van der Waals surface area contributed by atoms with Crippen LogP contribution in [0.15, 0.2) is 12.2 Å². The molecule has 10 heavy (non-hydrogen) atoms. The minimum atomic E-state index is 0.139. The Bertz CT molecular complexity index is 153. The highest BCUT2D eigenvalue weighted by molar-refractivity contribution is 5.78. The van der Waals surface area contributed by atoms with E-state index in [1.54, 1.807) is 0 Å². The van der Waals surface area contributed by atoms with Crippen LogP contribution in [0.2, 0.25) is 0 Å². The zero-order valence-electron chi connectivity index (χ0n) is 6.50. The summed E-state index contributed by atoms with van der Waals surface area (Å²) in [4.78, 5) is 13.1. The highest BCUT2D eigenvalue weighted by Crippen LogP contribution is 2.05. The summed E-state index contributed by atoms with van der Waals surface area (Å²) in [5, 5.41) is 0. The number of hydrogen-bond donors (Lipinski definition) is 0. The Morgan fingerprint density at radius 2 is 1.90 bits per heavy atom. The highest BCUT2D eigenvalue weighted by Gasteiger charge is 2.16. The number of nitrogens with zero attached hydrogens (tertiary/aromatic N) is 1. The number of amides is 1. The van der Waals surface area contributed by atoms with Crippen LogP contribution in [-0.4, -0.2) is 23.9 Å². The molecule has 0 bridgehead atoms. The molecule has 1 amide bonds. The first kappa shape index (κ1) is 7.32. The van der Waals surface area contributed by atoms with Gasteiger partial charge in [-0.1, -0.05) is 26.0 Å². The number of carbonyl (C=O) groups is 1. The largest absolute Gasteiger partial charge is 0.335 e. The van der Waals surface area contributed by atoms with Gasteiger partial charge in [0.05, 0.1) is 0 Å². The van der Waals surface area contributed by atoms with Gasteiger partial charge in [0.25, 0.3) is 0 Å². The van der Waals surface area contributed by atoms with Crippen LogP contribution in [0.25, 0.3) is 0 Å². The van der Waals surface area contributed by atoms with Crippen LogP contribution in [0.3, 0.4) is 0 Å². The molecule has 0 spiro atoms. The predicted octanol–water partition coefficient (Wildman–Crippen LogP) is 1.04. The SMILES string of the molecule is CC(C)C(=O)N1CC=CC1. The van der Waals surface area contributed by atoms with Gasteiger partial charge in [-0.3, -0.25) is 4.79 Å². The summed E-state index contributed by atoms with van der Waals surface area (Å²) in [6.45, 7) is 5.47. The van der Waals surface area contributed by atoms with Gasteiger partial charge in [0.2, 0.25) is 5.91 Å². The monoisotopic (exact) mass is 139 g/mol. The fourth-order valence-electron chi connectivity index (χ4n) is 1.02. The molecule has 1 rings (SSSR count). The molecule has 0 aromatic carbocycles. The smallest absolute Gasteiger partial charge is 0.225 e. The Morgan fingerprint density at radius 1 is 1.40 bits per heavy atom. The van der Waals surface area contributed by atoms with Crippen molar-refractivity contribution in [2.75, 3.05) is 13.1 Å². The topological polar surface area (TPSA) is 20.3 Å². The molecule has 0 aromatic heterocycles. The van der Waals surface area contributed by atoms with E-state index in [1.165, 1.54) is 0 Å². The van der Waals surface area contributed by atoms with E-state index in [1.807, 2.05) is 30.9 Å². The maximum absolute atomic E-state index is 11.2. The lowest BCUT2D eigenvalue weighted by molar-refractivity contribution is -0.133. The van der Waals surface area contributed by atoms with Gasteiger partial charge < -0.3 is 4.90 Å². The van der Waals surface area contributed by atoms with Crippen molar-refractivity contribution in [1.82, 2.24) is 4.90 Å². The van der Waals surface area contributed by atoms with E-state index >= 15 is 0 Å². The van der Waals surface area contributed by atoms with Gasteiger partial charge >= 0.3 is 0 Å². The van der Waals surface area contributed by atoms with E-state index in [0.717, 1.165) is 13.1 Å². The summed E-state index contributed by atoms with van der Waals surface area (Å²) in [5.41, 5.74) is 0. The minimum Gasteiger partial charge on any atom is -0.335 e. The molecule has 1 aliphatic rings. The number of rotatable bonds is 1. The lowest BCUT2D eigenvalue weighted by Crippen LogP contribution is -2.31. The molecule has 0 radical (unpaired) electrons. The first-order chi connectivity index (χ1) is 4.72. The molecule has 0 atom stereocenters. The van der Waals surface area contributed by atoms with Crippen LogP contribution in [0.1, 0.15) is 13.8 Å². The number of carbonyl (C=O) groups excluding carboxylic acids is 1. The van der Waals surface area contributed by atoms with Crippen molar-refractivity contribution >= 4 is 5.91 Å². The fraction of sp³-hybridized carbons (Fsp3) is 0.625. The summed E-state index contributed by atoms with van der Waals surface area (Å²) in [5.74, 6) is 0.393. The average Bonchev–Trinajstić information content (AvgIpc) is 2.36. The number of hydrogen-bond acceptors (Lipinski definition) is 1. The average molecular weight is 139 g/mol. The van der Waals surface area contributed by atoms with E-state index in [0.29, 0.717) is 0 Å². The lowest BCUT2D eigenvalue weighted by atomic mass is 10.2. The third-order valence-corrected chi connectivity index (χ3v) is 1.62. The zero-order valence-corrected chi connectivity index (χ0v) is 6.50. The van der Waals surface area contributed by atoms with E-state index in [-0.39, 0.29) is 11.8 Å². The predicted molar refractivity (Wildman–Crippen MR) is 40.6 cm³/mol. The molecule has 0 aliphatic carbocycles. The summed E-state index contributed by atoms with van der Waals surface area (Å²) in [7, 11) is 0. The van der Waals surface area contributed by atoms with Crippen molar-refractivity contribution in [3.8, 4) is 0 Å². The van der Waals surface area contributed by atoms with E-state index in [9.17, 15) is 4.79 Å². The van der Waals surface area contributed by atoms with Crippen LogP contribution in [0.5, 0.6) is 0 Å². The van der Waals surface area contributed by atoms with E-state index in [2.05, 4.69) is 0 Å². The van der Waals surface area contributed by atoms with Gasteiger partial charge in [0.15, 0.2) is 0 Å². The van der Waals surface area contributed by atoms with E-state index < -0.39 is 0 Å². The maximum Gasteiger partial charge on any atom is 0.225 e. The normalized spacial score (nSPS) is 16.9. The zero-order chi connectivity index (χ0) is 7.56. The molecule has 1 aliphatic heterocycles. The van der Waals surface area contributed by atoms with Gasteiger partial charge in [-0.15, -0.1) is 0 Å². The molecule has 0 unspecified atom stereocenters. The van der Waals surface area contributed by atoms with Crippen molar-refractivity contribution < 1.29 is 4.79 Å². The minimum absolute atomic E-state index is 0.139. The van der Waals surface area contributed by atoms with Crippen molar-refractivity contribution in [1.29, 1.82) is 0 Å². The Morgan fingerprint density at radius 3 is 2.30 bits per heavy atom. The summed E-state index contributed by atoms with van der Waals surface area (Å²) < 4.78 is 0.